The van der Waals surface area contributed by atoms with Gasteiger partial charge in [0.15, 0.2) is 0 Å². The van der Waals surface area contributed by atoms with Crippen molar-refractivity contribution in [2.75, 3.05) is 26.3 Å². The fourth-order valence-electron chi connectivity index (χ4n) is 4.52. The number of benzene rings is 3. The zero-order valence-corrected chi connectivity index (χ0v) is 21.6. The van der Waals surface area contributed by atoms with Crippen LogP contribution in [0.25, 0.3) is 11.3 Å². The summed E-state index contributed by atoms with van der Waals surface area (Å²) in [6.07, 6.45) is 1.69. The van der Waals surface area contributed by atoms with Gasteiger partial charge in [0.1, 0.15) is 23.1 Å². The summed E-state index contributed by atoms with van der Waals surface area (Å²) in [5, 5.41) is 2.72. The number of nitrogens with zero attached hydrogens (tertiary/aromatic N) is 2. The summed E-state index contributed by atoms with van der Waals surface area (Å²) in [6, 6.07) is 20.3. The van der Waals surface area contributed by atoms with Crippen molar-refractivity contribution in [2.24, 2.45) is 0 Å². The third-order valence-corrected chi connectivity index (χ3v) is 6.62. The van der Waals surface area contributed by atoms with Crippen LogP contribution in [0.3, 0.4) is 0 Å². The highest BCUT2D eigenvalue weighted by Gasteiger charge is 2.15. The molecule has 0 bridgehead atoms. The number of hydrogen-bond acceptors (Lipinski definition) is 5. The number of nitrogens with one attached hydrogen (secondary N) is 1. The van der Waals surface area contributed by atoms with Crippen LogP contribution in [0, 0.1) is 18.6 Å². The maximum absolute atomic E-state index is 13.5. The zero-order chi connectivity index (χ0) is 27.2. The second-order valence-electron chi connectivity index (χ2n) is 9.45. The van der Waals surface area contributed by atoms with Crippen molar-refractivity contribution in [1.82, 2.24) is 15.2 Å². The molecule has 3 aromatic carbocycles. The number of amides is 1. The van der Waals surface area contributed by atoms with Gasteiger partial charge in [0.25, 0.3) is 5.91 Å². The average Bonchev–Trinajstić information content (AvgIpc) is 2.93. The van der Waals surface area contributed by atoms with Gasteiger partial charge in [-0.1, -0.05) is 30.3 Å². The van der Waals surface area contributed by atoms with Crippen molar-refractivity contribution in [3.8, 4) is 22.8 Å². The van der Waals surface area contributed by atoms with Gasteiger partial charge in [-0.25, -0.2) is 8.78 Å². The third-order valence-electron chi connectivity index (χ3n) is 6.62. The molecule has 0 radical (unpaired) electrons. The highest BCUT2D eigenvalue weighted by atomic mass is 19.1. The Morgan fingerprint density at radius 2 is 1.72 bits per heavy atom. The minimum Gasteiger partial charge on any atom is -0.457 e. The number of carbonyl (C=O) groups excluding carboxylic acids is 1. The van der Waals surface area contributed by atoms with Crippen LogP contribution in [0.5, 0.6) is 11.5 Å². The lowest BCUT2D eigenvalue weighted by Gasteiger charge is -2.26. The van der Waals surface area contributed by atoms with Gasteiger partial charge in [-0.05, 0) is 48.4 Å². The van der Waals surface area contributed by atoms with Gasteiger partial charge in [-0.15, -0.1) is 0 Å². The molecule has 0 saturated carbocycles. The Balaban J connectivity index is 1.25. The third kappa shape index (κ3) is 6.85. The van der Waals surface area contributed by atoms with Crippen LogP contribution in [0.2, 0.25) is 0 Å². The molecule has 4 aromatic rings. The SMILES string of the molecule is Cc1c(Oc2ccnc(-c3ccc(CN4CCOCC4)cc3)c2)cccc1C(=O)NCc1cc(F)cc(F)c1. The molecule has 5 rings (SSSR count). The molecule has 1 aliphatic rings. The molecule has 0 atom stereocenters. The molecule has 0 aliphatic carbocycles. The Hall–Kier alpha value is -4.14. The predicted molar refractivity (Wildman–Crippen MR) is 145 cm³/mol. The number of ether oxygens (including phenoxy) is 2. The maximum Gasteiger partial charge on any atom is 0.251 e. The summed E-state index contributed by atoms with van der Waals surface area (Å²) in [6.45, 7) is 6.12. The Morgan fingerprint density at radius 1 is 0.974 bits per heavy atom. The summed E-state index contributed by atoms with van der Waals surface area (Å²) in [5.74, 6) is -0.626. The second kappa shape index (κ2) is 12.1. The molecular formula is C31H29F2N3O3. The van der Waals surface area contributed by atoms with Crippen molar-refractivity contribution in [3.63, 3.8) is 0 Å². The molecule has 1 N–H and O–H groups in total. The smallest absolute Gasteiger partial charge is 0.251 e. The summed E-state index contributed by atoms with van der Waals surface area (Å²) in [7, 11) is 0. The Labute approximate surface area is 226 Å². The minimum atomic E-state index is -0.688. The van der Waals surface area contributed by atoms with Crippen LogP contribution in [0.1, 0.15) is 27.0 Å². The molecule has 1 fully saturated rings. The lowest BCUT2D eigenvalue weighted by atomic mass is 10.1. The molecule has 2 heterocycles. The van der Waals surface area contributed by atoms with Crippen molar-refractivity contribution in [2.45, 2.75) is 20.0 Å². The topological polar surface area (TPSA) is 63.7 Å². The first-order valence-corrected chi connectivity index (χ1v) is 12.8. The van der Waals surface area contributed by atoms with E-state index >= 15 is 0 Å². The molecule has 1 aliphatic heterocycles. The first-order chi connectivity index (χ1) is 18.9. The van der Waals surface area contributed by atoms with Gasteiger partial charge in [0.2, 0.25) is 0 Å². The lowest BCUT2D eigenvalue weighted by molar-refractivity contribution is 0.0342. The van der Waals surface area contributed by atoms with E-state index in [9.17, 15) is 13.6 Å². The van der Waals surface area contributed by atoms with Crippen molar-refractivity contribution in [3.05, 3.63) is 113 Å². The van der Waals surface area contributed by atoms with Crippen LogP contribution in [0.4, 0.5) is 8.78 Å². The van der Waals surface area contributed by atoms with Gasteiger partial charge in [0.05, 0.1) is 18.9 Å². The highest BCUT2D eigenvalue weighted by Crippen LogP contribution is 2.29. The molecule has 39 heavy (non-hydrogen) atoms. The number of halogens is 2. The predicted octanol–water partition coefficient (Wildman–Crippen LogP) is 5.89. The van der Waals surface area contributed by atoms with Gasteiger partial charge in [-0.3, -0.25) is 14.7 Å². The molecule has 6 nitrogen and oxygen atoms in total. The van der Waals surface area contributed by atoms with Crippen molar-refractivity contribution >= 4 is 5.91 Å². The second-order valence-corrected chi connectivity index (χ2v) is 9.45. The molecule has 1 amide bonds. The number of pyridine rings is 1. The lowest BCUT2D eigenvalue weighted by Crippen LogP contribution is -2.35. The van der Waals surface area contributed by atoms with Gasteiger partial charge in [0, 0.05) is 61.2 Å². The maximum atomic E-state index is 13.5. The Morgan fingerprint density at radius 3 is 2.46 bits per heavy atom. The van der Waals surface area contributed by atoms with Crippen LogP contribution in [-0.4, -0.2) is 42.1 Å². The Kier molecular flexibility index (Phi) is 8.24. The number of aromatic nitrogens is 1. The van der Waals surface area contributed by atoms with Crippen molar-refractivity contribution in [1.29, 1.82) is 0 Å². The van der Waals surface area contributed by atoms with E-state index in [1.54, 1.807) is 37.4 Å². The van der Waals surface area contributed by atoms with Crippen LogP contribution in [0.15, 0.2) is 79.0 Å². The van der Waals surface area contributed by atoms with E-state index < -0.39 is 11.6 Å². The number of rotatable bonds is 8. The highest BCUT2D eigenvalue weighted by molar-refractivity contribution is 5.96. The monoisotopic (exact) mass is 529 g/mol. The normalized spacial score (nSPS) is 13.7. The fraction of sp³-hybridized carbons (Fsp3) is 0.226. The van der Waals surface area contributed by atoms with Crippen LogP contribution < -0.4 is 10.1 Å². The van der Waals surface area contributed by atoms with E-state index in [0.29, 0.717) is 28.2 Å². The molecule has 1 aromatic heterocycles. The molecule has 0 unspecified atom stereocenters. The molecular weight excluding hydrogens is 500 g/mol. The zero-order valence-electron chi connectivity index (χ0n) is 21.6. The van der Waals surface area contributed by atoms with Crippen LogP contribution >= 0.6 is 0 Å². The average molecular weight is 530 g/mol. The van der Waals surface area contributed by atoms with Gasteiger partial charge in [-0.2, -0.15) is 0 Å². The summed E-state index contributed by atoms with van der Waals surface area (Å²) in [4.78, 5) is 19.7. The molecule has 200 valence electrons. The molecule has 1 saturated heterocycles. The van der Waals surface area contributed by atoms with Gasteiger partial charge < -0.3 is 14.8 Å². The first-order valence-electron chi connectivity index (χ1n) is 12.8. The Bertz CT molecular complexity index is 1430. The first kappa shape index (κ1) is 26.5. The van der Waals surface area contributed by atoms with Crippen LogP contribution in [-0.2, 0) is 17.8 Å². The van der Waals surface area contributed by atoms with E-state index in [1.165, 1.54) is 17.7 Å². The minimum absolute atomic E-state index is 0.00299. The number of carbonyl (C=O) groups is 1. The number of hydrogen-bond donors (Lipinski definition) is 1. The largest absolute Gasteiger partial charge is 0.457 e. The summed E-state index contributed by atoms with van der Waals surface area (Å²) in [5.41, 5.74) is 4.38. The van der Waals surface area contributed by atoms with Gasteiger partial charge >= 0.3 is 0 Å². The molecule has 8 heteroatoms. The standard InChI is InChI=1S/C31H29F2N3O3/c1-21-28(31(37)35-19-23-15-25(32)17-26(33)16-23)3-2-4-30(21)39-27-9-10-34-29(18-27)24-7-5-22(6-8-24)20-36-11-13-38-14-12-36/h2-10,15-18H,11-14,19-20H2,1H3,(H,35,37). The van der Waals surface area contributed by atoms with E-state index in [4.69, 9.17) is 9.47 Å². The number of morpholine rings is 1. The van der Waals surface area contributed by atoms with Crippen molar-refractivity contribution < 1.29 is 23.0 Å². The van der Waals surface area contributed by atoms with E-state index in [-0.39, 0.29) is 12.5 Å². The summed E-state index contributed by atoms with van der Waals surface area (Å²) < 4.78 is 38.5. The quantitative estimate of drug-likeness (QED) is 0.308. The van der Waals surface area contributed by atoms with E-state index in [2.05, 4.69) is 39.5 Å². The van der Waals surface area contributed by atoms with E-state index in [0.717, 1.165) is 50.2 Å². The fourth-order valence-corrected chi connectivity index (χ4v) is 4.52. The summed E-state index contributed by atoms with van der Waals surface area (Å²) >= 11 is 0. The van der Waals surface area contributed by atoms with E-state index in [1.807, 2.05) is 6.07 Å². The molecule has 0 spiro atoms.